The van der Waals surface area contributed by atoms with Crippen LogP contribution < -0.4 is 0 Å². The van der Waals surface area contributed by atoms with Crippen molar-refractivity contribution in [2.24, 2.45) is 0 Å². The van der Waals surface area contributed by atoms with Crippen LogP contribution in [0, 0.1) is 5.82 Å². The van der Waals surface area contributed by atoms with Gasteiger partial charge in [-0.3, -0.25) is 9.69 Å². The van der Waals surface area contributed by atoms with Gasteiger partial charge in [-0.25, -0.2) is 4.39 Å². The molecule has 0 aliphatic carbocycles. The quantitative estimate of drug-likeness (QED) is 0.860. The van der Waals surface area contributed by atoms with Crippen LogP contribution in [0.5, 0.6) is 0 Å². The van der Waals surface area contributed by atoms with Gasteiger partial charge in [-0.15, -0.1) is 0 Å². The van der Waals surface area contributed by atoms with E-state index < -0.39 is 0 Å². The smallest absolute Gasteiger partial charge is 0.151 e. The van der Waals surface area contributed by atoms with Crippen molar-refractivity contribution in [2.75, 3.05) is 19.7 Å². The van der Waals surface area contributed by atoms with Gasteiger partial charge in [0.05, 0.1) is 13.2 Å². The molecule has 1 N–H and O–H groups in total. The summed E-state index contributed by atoms with van der Waals surface area (Å²) >= 11 is 0. The summed E-state index contributed by atoms with van der Waals surface area (Å²) in [5.41, 5.74) is 0.447. The van der Waals surface area contributed by atoms with E-state index >= 15 is 0 Å². The van der Waals surface area contributed by atoms with E-state index in [1.54, 1.807) is 18.2 Å². The summed E-state index contributed by atoms with van der Waals surface area (Å²) < 4.78 is 13.4. The van der Waals surface area contributed by atoms with Crippen molar-refractivity contribution < 1.29 is 14.3 Å². The summed E-state index contributed by atoms with van der Waals surface area (Å²) in [6, 6.07) is 6.45. The minimum absolute atomic E-state index is 0.000417. The number of aliphatic hydroxyl groups excluding tert-OH is 1. The second-order valence-electron chi connectivity index (χ2n) is 4.76. The largest absolute Gasteiger partial charge is 0.395 e. The van der Waals surface area contributed by atoms with Crippen molar-refractivity contribution in [3.63, 3.8) is 0 Å². The van der Waals surface area contributed by atoms with Crippen molar-refractivity contribution in [3.05, 3.63) is 35.6 Å². The van der Waals surface area contributed by atoms with Crippen molar-refractivity contribution in [2.45, 2.75) is 25.3 Å². The number of carbonyl (C=O) groups is 1. The fourth-order valence-corrected chi connectivity index (χ4v) is 2.45. The zero-order valence-corrected chi connectivity index (χ0v) is 10.3. The number of benzene rings is 1. The predicted molar refractivity (Wildman–Crippen MR) is 66.8 cm³/mol. The average Bonchev–Trinajstić information content (AvgIpc) is 2.79. The number of hydrogen-bond acceptors (Lipinski definition) is 3. The molecule has 0 spiro atoms. The molecule has 0 amide bonds. The van der Waals surface area contributed by atoms with Crippen molar-refractivity contribution in [1.82, 2.24) is 4.90 Å². The maximum absolute atomic E-state index is 13.4. The molecule has 98 valence electrons. The van der Waals surface area contributed by atoms with Crippen LogP contribution in [0.3, 0.4) is 0 Å². The Morgan fingerprint density at radius 2 is 2.22 bits per heavy atom. The van der Waals surface area contributed by atoms with Gasteiger partial charge < -0.3 is 5.11 Å². The topological polar surface area (TPSA) is 40.5 Å². The van der Waals surface area contributed by atoms with E-state index in [9.17, 15) is 14.3 Å². The number of halogens is 1. The fraction of sp³-hybridized carbons (Fsp3) is 0.500. The van der Waals surface area contributed by atoms with Crippen LogP contribution in [-0.2, 0) is 11.2 Å². The average molecular weight is 251 g/mol. The Morgan fingerprint density at radius 1 is 1.44 bits per heavy atom. The Bertz CT molecular complexity index is 422. The Labute approximate surface area is 106 Å². The van der Waals surface area contributed by atoms with Crippen LogP contribution in [0.15, 0.2) is 24.3 Å². The molecule has 1 aliphatic heterocycles. The molecule has 18 heavy (non-hydrogen) atoms. The first-order chi connectivity index (χ1) is 8.70. The number of likely N-dealkylation sites (tertiary alicyclic amines) is 1. The molecule has 0 saturated carbocycles. The Balaban J connectivity index is 1.91. The molecule has 3 nitrogen and oxygen atoms in total. The second kappa shape index (κ2) is 6.07. The zero-order chi connectivity index (χ0) is 13.0. The summed E-state index contributed by atoms with van der Waals surface area (Å²) in [5, 5.41) is 9.17. The Kier molecular flexibility index (Phi) is 4.44. The molecule has 1 aliphatic rings. The standard InChI is InChI=1S/C14H18FNO2/c15-14-6-2-1-4-11(14)8-13(18)9-16-7-3-5-12(16)10-17/h1-2,4,6,12,17H,3,5,7-10H2. The zero-order valence-electron chi connectivity index (χ0n) is 10.3. The highest BCUT2D eigenvalue weighted by atomic mass is 19.1. The van der Waals surface area contributed by atoms with Gasteiger partial charge in [-0.2, -0.15) is 0 Å². The SMILES string of the molecule is O=C(Cc1ccccc1F)CN1CCCC1CO. The third kappa shape index (κ3) is 3.15. The lowest BCUT2D eigenvalue weighted by atomic mass is 10.1. The van der Waals surface area contributed by atoms with Gasteiger partial charge in [0.1, 0.15) is 5.82 Å². The van der Waals surface area contributed by atoms with Gasteiger partial charge in [0, 0.05) is 12.5 Å². The number of ketones is 1. The van der Waals surface area contributed by atoms with Gasteiger partial charge in [0.15, 0.2) is 5.78 Å². The molecule has 1 aromatic rings. The first-order valence-corrected chi connectivity index (χ1v) is 6.30. The van der Waals surface area contributed by atoms with Crippen molar-refractivity contribution in [1.29, 1.82) is 0 Å². The van der Waals surface area contributed by atoms with E-state index in [0.29, 0.717) is 12.1 Å². The minimum Gasteiger partial charge on any atom is -0.395 e. The predicted octanol–water partition coefficient (Wildman–Crippen LogP) is 1.39. The van der Waals surface area contributed by atoms with Gasteiger partial charge in [-0.05, 0) is 31.0 Å². The van der Waals surface area contributed by atoms with E-state index in [0.717, 1.165) is 19.4 Å². The molecule has 1 atom stereocenters. The van der Waals surface area contributed by atoms with E-state index in [-0.39, 0.29) is 30.7 Å². The molecule has 4 heteroatoms. The van der Waals surface area contributed by atoms with Crippen LogP contribution in [0.1, 0.15) is 18.4 Å². The lowest BCUT2D eigenvalue weighted by Crippen LogP contribution is -2.37. The number of rotatable bonds is 5. The summed E-state index contributed by atoms with van der Waals surface area (Å²) in [7, 11) is 0. The highest BCUT2D eigenvalue weighted by Crippen LogP contribution is 2.16. The Morgan fingerprint density at radius 3 is 2.94 bits per heavy atom. The maximum atomic E-state index is 13.4. The molecule has 1 saturated heterocycles. The normalized spacial score (nSPS) is 20.2. The van der Waals surface area contributed by atoms with Gasteiger partial charge in [0.25, 0.3) is 0 Å². The van der Waals surface area contributed by atoms with Crippen molar-refractivity contribution in [3.8, 4) is 0 Å². The number of nitrogens with zero attached hydrogens (tertiary/aromatic N) is 1. The molecular formula is C14H18FNO2. The van der Waals surface area contributed by atoms with Gasteiger partial charge >= 0.3 is 0 Å². The molecule has 1 fully saturated rings. The van der Waals surface area contributed by atoms with Crippen LogP contribution in [0.2, 0.25) is 0 Å². The molecule has 2 rings (SSSR count). The second-order valence-corrected chi connectivity index (χ2v) is 4.76. The first-order valence-electron chi connectivity index (χ1n) is 6.30. The van der Waals surface area contributed by atoms with E-state index in [4.69, 9.17) is 0 Å². The summed E-state index contributed by atoms with van der Waals surface area (Å²) in [6.45, 7) is 1.24. The van der Waals surface area contributed by atoms with E-state index in [1.807, 2.05) is 4.90 Å². The molecule has 0 aromatic heterocycles. The van der Waals surface area contributed by atoms with Crippen LogP contribution >= 0.6 is 0 Å². The van der Waals surface area contributed by atoms with E-state index in [1.165, 1.54) is 6.07 Å². The monoisotopic (exact) mass is 251 g/mol. The molecule has 1 unspecified atom stereocenters. The minimum atomic E-state index is -0.328. The molecular weight excluding hydrogens is 233 g/mol. The fourth-order valence-electron chi connectivity index (χ4n) is 2.45. The van der Waals surface area contributed by atoms with Crippen LogP contribution in [0.4, 0.5) is 4.39 Å². The number of Topliss-reactive ketones (excluding diaryl/α,β-unsaturated/α-hetero) is 1. The molecule has 1 heterocycles. The molecule has 0 bridgehead atoms. The highest BCUT2D eigenvalue weighted by Gasteiger charge is 2.25. The van der Waals surface area contributed by atoms with Crippen molar-refractivity contribution >= 4 is 5.78 Å². The van der Waals surface area contributed by atoms with Crippen LogP contribution in [-0.4, -0.2) is 41.5 Å². The summed E-state index contributed by atoms with van der Waals surface area (Å²) in [6.07, 6.45) is 2.07. The Hall–Kier alpha value is -1.26. The maximum Gasteiger partial charge on any atom is 0.151 e. The third-order valence-electron chi connectivity index (χ3n) is 3.43. The first kappa shape index (κ1) is 13.2. The number of aliphatic hydroxyl groups is 1. The highest BCUT2D eigenvalue weighted by molar-refractivity contribution is 5.82. The van der Waals surface area contributed by atoms with Gasteiger partial charge in [0.2, 0.25) is 0 Å². The van der Waals surface area contributed by atoms with Crippen LogP contribution in [0.25, 0.3) is 0 Å². The van der Waals surface area contributed by atoms with E-state index in [2.05, 4.69) is 0 Å². The lowest BCUT2D eigenvalue weighted by Gasteiger charge is -2.21. The number of hydrogen-bond donors (Lipinski definition) is 1. The molecule has 1 aromatic carbocycles. The molecule has 0 radical (unpaired) electrons. The van der Waals surface area contributed by atoms with Gasteiger partial charge in [-0.1, -0.05) is 18.2 Å². The summed E-state index contributed by atoms with van der Waals surface area (Å²) in [5.74, 6) is -0.327. The summed E-state index contributed by atoms with van der Waals surface area (Å²) in [4.78, 5) is 13.9. The third-order valence-corrected chi connectivity index (χ3v) is 3.43. The lowest BCUT2D eigenvalue weighted by molar-refractivity contribution is -0.119. The number of carbonyl (C=O) groups excluding carboxylic acids is 1.